The molecule has 0 amide bonds. The molecular formula is C29H26N4S. The molecule has 4 aromatic rings. The summed E-state index contributed by atoms with van der Waals surface area (Å²) in [6.45, 7) is 0.933. The van der Waals surface area contributed by atoms with Crippen molar-refractivity contribution in [1.29, 1.82) is 0 Å². The monoisotopic (exact) mass is 462 g/mol. The van der Waals surface area contributed by atoms with Crippen molar-refractivity contribution in [1.82, 2.24) is 19.9 Å². The second-order valence-corrected chi connectivity index (χ2v) is 10.6. The van der Waals surface area contributed by atoms with Crippen LogP contribution in [-0.2, 0) is 6.54 Å². The van der Waals surface area contributed by atoms with Gasteiger partial charge < -0.3 is 4.98 Å². The van der Waals surface area contributed by atoms with E-state index >= 15 is 0 Å². The summed E-state index contributed by atoms with van der Waals surface area (Å²) < 4.78 is 0. The van der Waals surface area contributed by atoms with Gasteiger partial charge in [0.25, 0.3) is 0 Å². The normalized spacial score (nSPS) is 21.4. The van der Waals surface area contributed by atoms with Gasteiger partial charge in [0.15, 0.2) is 0 Å². The second-order valence-electron chi connectivity index (χ2n) is 9.53. The summed E-state index contributed by atoms with van der Waals surface area (Å²) in [7, 11) is 0. The van der Waals surface area contributed by atoms with Gasteiger partial charge in [-0.3, -0.25) is 9.88 Å². The van der Waals surface area contributed by atoms with Crippen LogP contribution in [0, 0.1) is 0 Å². The largest absolute Gasteiger partial charge is 0.348 e. The molecule has 1 N–H and O–H groups in total. The van der Waals surface area contributed by atoms with Crippen LogP contribution in [0.4, 0.5) is 0 Å². The number of H-pyrrole nitrogens is 1. The number of aromatic amines is 1. The first-order chi connectivity index (χ1) is 16.8. The molecule has 2 atom stereocenters. The fourth-order valence-electron chi connectivity index (χ4n) is 6.06. The van der Waals surface area contributed by atoms with Crippen molar-refractivity contribution in [2.75, 3.05) is 0 Å². The molecule has 0 aliphatic carbocycles. The zero-order valence-electron chi connectivity index (χ0n) is 18.9. The van der Waals surface area contributed by atoms with E-state index in [1.54, 1.807) is 5.57 Å². The summed E-state index contributed by atoms with van der Waals surface area (Å²) in [5.41, 5.74) is 8.32. The van der Waals surface area contributed by atoms with Gasteiger partial charge in [-0.05, 0) is 66.1 Å². The zero-order chi connectivity index (χ0) is 22.5. The Morgan fingerprint density at radius 3 is 2.53 bits per heavy atom. The summed E-state index contributed by atoms with van der Waals surface area (Å²) in [6.07, 6.45) is 12.4. The van der Waals surface area contributed by atoms with Crippen molar-refractivity contribution in [2.24, 2.45) is 0 Å². The molecule has 34 heavy (non-hydrogen) atoms. The molecule has 3 aliphatic rings. The first-order valence-corrected chi connectivity index (χ1v) is 12.9. The van der Waals surface area contributed by atoms with Crippen LogP contribution < -0.4 is 0 Å². The van der Waals surface area contributed by atoms with Gasteiger partial charge in [0.2, 0.25) is 0 Å². The quantitative estimate of drug-likeness (QED) is 0.330. The number of imidazole rings is 1. The third-order valence-electron chi connectivity index (χ3n) is 7.60. The van der Waals surface area contributed by atoms with Crippen LogP contribution in [0.3, 0.4) is 0 Å². The Morgan fingerprint density at radius 1 is 0.882 bits per heavy atom. The summed E-state index contributed by atoms with van der Waals surface area (Å²) in [6, 6.07) is 21.3. The number of aromatic nitrogens is 3. The Hall–Kier alpha value is -3.15. The number of pyridine rings is 1. The molecule has 0 radical (unpaired) electrons. The van der Waals surface area contributed by atoms with Crippen molar-refractivity contribution in [2.45, 2.75) is 54.1 Å². The van der Waals surface area contributed by atoms with Crippen LogP contribution in [0.25, 0.3) is 16.7 Å². The summed E-state index contributed by atoms with van der Waals surface area (Å²) in [5.74, 6) is 1.08. The predicted molar refractivity (Wildman–Crippen MR) is 136 cm³/mol. The molecule has 3 aliphatic heterocycles. The van der Waals surface area contributed by atoms with Crippen LogP contribution in [0.2, 0.25) is 0 Å². The van der Waals surface area contributed by atoms with E-state index in [0.717, 1.165) is 25.2 Å². The Kier molecular flexibility index (Phi) is 4.92. The topological polar surface area (TPSA) is 44.8 Å². The standard InChI is InChI=1S/C29H26N4S/c1-2-6-26-24(5-1)29(25-10-7-19(16-27(25)34-26)20-4-3-11-30-17-20)21-14-22-8-9-23(15-21)33(22)18-28-31-12-13-32-28/h1-7,10-13,16-17,22-23H,8-9,14-15,18H2,(H,31,32). The maximum Gasteiger partial charge on any atom is 0.120 e. The van der Waals surface area contributed by atoms with Crippen molar-refractivity contribution in [3.8, 4) is 11.1 Å². The van der Waals surface area contributed by atoms with E-state index in [2.05, 4.69) is 68.4 Å². The molecule has 7 rings (SSSR count). The molecule has 0 spiro atoms. The highest BCUT2D eigenvalue weighted by Crippen LogP contribution is 2.51. The molecule has 5 heterocycles. The van der Waals surface area contributed by atoms with Crippen molar-refractivity contribution in [3.63, 3.8) is 0 Å². The van der Waals surface area contributed by atoms with Gasteiger partial charge in [-0.2, -0.15) is 0 Å². The van der Waals surface area contributed by atoms with Crippen molar-refractivity contribution < 1.29 is 0 Å². The Bertz CT molecular complexity index is 1360. The number of nitrogens with zero attached hydrogens (tertiary/aromatic N) is 3. The minimum atomic E-state index is 0.603. The van der Waals surface area contributed by atoms with E-state index < -0.39 is 0 Å². The molecule has 5 heteroatoms. The predicted octanol–water partition coefficient (Wildman–Crippen LogP) is 6.57. The van der Waals surface area contributed by atoms with E-state index in [0.29, 0.717) is 12.1 Å². The zero-order valence-corrected chi connectivity index (χ0v) is 19.8. The number of hydrogen-bond acceptors (Lipinski definition) is 4. The Labute approximate surface area is 204 Å². The molecular weight excluding hydrogens is 436 g/mol. The molecule has 2 aromatic heterocycles. The number of fused-ring (bicyclic) bond motifs is 4. The van der Waals surface area contributed by atoms with E-state index in [4.69, 9.17) is 0 Å². The van der Waals surface area contributed by atoms with E-state index in [1.165, 1.54) is 50.5 Å². The maximum atomic E-state index is 4.49. The number of hydrogen-bond donors (Lipinski definition) is 1. The van der Waals surface area contributed by atoms with E-state index in [9.17, 15) is 0 Å². The fraction of sp³-hybridized carbons (Fsp3) is 0.241. The Balaban J connectivity index is 1.30. The van der Waals surface area contributed by atoms with Gasteiger partial charge in [-0.15, -0.1) is 0 Å². The van der Waals surface area contributed by atoms with Gasteiger partial charge in [-0.25, -0.2) is 4.98 Å². The third kappa shape index (κ3) is 3.42. The number of nitrogens with one attached hydrogen (secondary N) is 1. The highest BCUT2D eigenvalue weighted by Gasteiger charge is 2.40. The average Bonchev–Trinajstić information content (AvgIpc) is 3.47. The van der Waals surface area contributed by atoms with Gasteiger partial charge in [0, 0.05) is 52.2 Å². The lowest BCUT2D eigenvalue weighted by Gasteiger charge is -2.37. The van der Waals surface area contributed by atoms with Gasteiger partial charge >= 0.3 is 0 Å². The molecule has 0 saturated carbocycles. The number of piperidine rings is 1. The van der Waals surface area contributed by atoms with E-state index in [1.807, 2.05) is 42.6 Å². The SMILES string of the molecule is c1cncc(-c2ccc3c(c2)Sc2ccccc2C3=C2CC3CCC(C2)N3Cc2ncc[nH]2)c1. The second kappa shape index (κ2) is 8.26. The van der Waals surface area contributed by atoms with Crippen LogP contribution in [-0.4, -0.2) is 31.9 Å². The maximum absolute atomic E-state index is 4.49. The minimum Gasteiger partial charge on any atom is -0.348 e. The fourth-order valence-corrected chi connectivity index (χ4v) is 7.19. The lowest BCUT2D eigenvalue weighted by Crippen LogP contribution is -2.40. The van der Waals surface area contributed by atoms with Crippen LogP contribution in [0.15, 0.2) is 94.7 Å². The number of benzene rings is 2. The molecule has 2 aromatic carbocycles. The first kappa shape index (κ1) is 20.2. The Morgan fingerprint density at radius 2 is 1.74 bits per heavy atom. The molecule has 168 valence electrons. The van der Waals surface area contributed by atoms with Crippen LogP contribution >= 0.6 is 11.8 Å². The molecule has 2 saturated heterocycles. The van der Waals surface area contributed by atoms with Crippen LogP contribution in [0.5, 0.6) is 0 Å². The van der Waals surface area contributed by atoms with Crippen LogP contribution in [0.1, 0.15) is 42.6 Å². The lowest BCUT2D eigenvalue weighted by molar-refractivity contribution is 0.154. The van der Waals surface area contributed by atoms with Crippen molar-refractivity contribution >= 4 is 17.3 Å². The minimum absolute atomic E-state index is 0.603. The summed E-state index contributed by atoms with van der Waals surface area (Å²) in [4.78, 5) is 17.5. The third-order valence-corrected chi connectivity index (χ3v) is 8.73. The average molecular weight is 463 g/mol. The molecule has 4 nitrogen and oxygen atoms in total. The first-order valence-electron chi connectivity index (χ1n) is 12.1. The van der Waals surface area contributed by atoms with Gasteiger partial charge in [0.1, 0.15) is 5.82 Å². The molecule has 2 unspecified atom stereocenters. The molecule has 2 fully saturated rings. The van der Waals surface area contributed by atoms with E-state index in [-0.39, 0.29) is 0 Å². The van der Waals surface area contributed by atoms with Crippen molar-refractivity contribution in [3.05, 3.63) is 102 Å². The number of rotatable bonds is 3. The van der Waals surface area contributed by atoms with Gasteiger partial charge in [0.05, 0.1) is 6.54 Å². The summed E-state index contributed by atoms with van der Waals surface area (Å²) in [5, 5.41) is 0. The highest BCUT2D eigenvalue weighted by molar-refractivity contribution is 7.99. The lowest BCUT2D eigenvalue weighted by atomic mass is 9.85. The summed E-state index contributed by atoms with van der Waals surface area (Å²) >= 11 is 1.90. The highest BCUT2D eigenvalue weighted by atomic mass is 32.2. The molecule has 2 bridgehead atoms. The smallest absolute Gasteiger partial charge is 0.120 e. The van der Waals surface area contributed by atoms with Gasteiger partial charge in [-0.1, -0.05) is 53.7 Å².